The SMILES string of the molecule is COCCc1ccc(ONC(C)=O)c(OCCNCC(O)COc2ccccc2)c1. The van der Waals surface area contributed by atoms with Crippen LogP contribution in [0.25, 0.3) is 0 Å². The summed E-state index contributed by atoms with van der Waals surface area (Å²) >= 11 is 0. The molecule has 0 aliphatic heterocycles. The van der Waals surface area contributed by atoms with Gasteiger partial charge in [-0.25, -0.2) is 0 Å². The molecule has 1 amide bonds. The highest BCUT2D eigenvalue weighted by atomic mass is 16.7. The molecule has 0 radical (unpaired) electrons. The number of aliphatic hydroxyl groups excluding tert-OH is 1. The first kappa shape index (κ1) is 23.5. The Bertz CT molecular complexity index is 757. The van der Waals surface area contributed by atoms with Crippen LogP contribution in [0.15, 0.2) is 48.5 Å². The molecule has 1 atom stereocenters. The van der Waals surface area contributed by atoms with Crippen molar-refractivity contribution in [3.8, 4) is 17.2 Å². The summed E-state index contributed by atoms with van der Waals surface area (Å²) in [6.45, 7) is 3.41. The minimum absolute atomic E-state index is 0.202. The van der Waals surface area contributed by atoms with Crippen molar-refractivity contribution in [3.05, 3.63) is 54.1 Å². The van der Waals surface area contributed by atoms with E-state index in [0.29, 0.717) is 37.8 Å². The van der Waals surface area contributed by atoms with Gasteiger partial charge in [0.2, 0.25) is 5.91 Å². The summed E-state index contributed by atoms with van der Waals surface area (Å²) in [5.41, 5.74) is 3.33. The summed E-state index contributed by atoms with van der Waals surface area (Å²) in [5.74, 6) is 1.35. The molecule has 8 heteroatoms. The molecule has 0 saturated carbocycles. The van der Waals surface area contributed by atoms with E-state index in [0.717, 1.165) is 17.7 Å². The predicted molar refractivity (Wildman–Crippen MR) is 113 cm³/mol. The number of rotatable bonds is 14. The maximum Gasteiger partial charge on any atom is 0.249 e. The lowest BCUT2D eigenvalue weighted by molar-refractivity contribution is -0.125. The first-order valence-corrected chi connectivity index (χ1v) is 9.83. The number of carbonyl (C=O) groups excluding carboxylic acids is 1. The molecule has 2 aromatic rings. The third kappa shape index (κ3) is 9.13. The molecule has 0 spiro atoms. The number of ether oxygens (including phenoxy) is 3. The summed E-state index contributed by atoms with van der Waals surface area (Å²) in [6, 6.07) is 14.9. The summed E-state index contributed by atoms with van der Waals surface area (Å²) < 4.78 is 16.4. The van der Waals surface area contributed by atoms with E-state index in [1.165, 1.54) is 6.92 Å². The van der Waals surface area contributed by atoms with Crippen molar-refractivity contribution in [1.82, 2.24) is 10.8 Å². The number of carbonyl (C=O) groups is 1. The van der Waals surface area contributed by atoms with Crippen LogP contribution in [0.5, 0.6) is 17.2 Å². The first-order chi connectivity index (χ1) is 14.6. The van der Waals surface area contributed by atoms with Gasteiger partial charge in [0.15, 0.2) is 11.5 Å². The van der Waals surface area contributed by atoms with Crippen molar-refractivity contribution in [2.24, 2.45) is 0 Å². The Kier molecular flexibility index (Phi) is 10.5. The molecular weight excluding hydrogens is 388 g/mol. The fourth-order valence-electron chi connectivity index (χ4n) is 2.52. The molecule has 0 saturated heterocycles. The second-order valence-electron chi connectivity index (χ2n) is 6.61. The highest BCUT2D eigenvalue weighted by molar-refractivity contribution is 5.71. The molecule has 8 nitrogen and oxygen atoms in total. The van der Waals surface area contributed by atoms with Gasteiger partial charge in [-0.15, -0.1) is 0 Å². The molecular formula is C22H30N2O6. The van der Waals surface area contributed by atoms with Gasteiger partial charge >= 0.3 is 0 Å². The van der Waals surface area contributed by atoms with Crippen LogP contribution in [0.4, 0.5) is 0 Å². The molecule has 164 valence electrons. The van der Waals surface area contributed by atoms with Crippen LogP contribution in [0.3, 0.4) is 0 Å². The molecule has 2 aromatic carbocycles. The van der Waals surface area contributed by atoms with Crippen LogP contribution in [0.1, 0.15) is 12.5 Å². The van der Waals surface area contributed by atoms with E-state index >= 15 is 0 Å². The monoisotopic (exact) mass is 418 g/mol. The van der Waals surface area contributed by atoms with Crippen LogP contribution in [0, 0.1) is 0 Å². The molecule has 0 heterocycles. The number of nitrogens with one attached hydrogen (secondary N) is 2. The van der Waals surface area contributed by atoms with Crippen molar-refractivity contribution in [2.75, 3.05) is 40.0 Å². The van der Waals surface area contributed by atoms with Crippen molar-refractivity contribution < 1.29 is 28.9 Å². The van der Waals surface area contributed by atoms with Gasteiger partial charge in [0.1, 0.15) is 25.1 Å². The lowest BCUT2D eigenvalue weighted by Crippen LogP contribution is -2.33. The van der Waals surface area contributed by atoms with Crippen molar-refractivity contribution in [1.29, 1.82) is 0 Å². The highest BCUT2D eigenvalue weighted by Gasteiger charge is 2.09. The molecule has 1 unspecified atom stereocenters. The van der Waals surface area contributed by atoms with Gasteiger partial charge in [0.25, 0.3) is 0 Å². The first-order valence-electron chi connectivity index (χ1n) is 9.83. The molecule has 0 aliphatic carbocycles. The summed E-state index contributed by atoms with van der Waals surface area (Å²) in [4.78, 5) is 16.4. The Balaban J connectivity index is 1.75. The largest absolute Gasteiger partial charge is 0.491 e. The normalized spacial score (nSPS) is 11.6. The predicted octanol–water partition coefficient (Wildman–Crippen LogP) is 1.71. The van der Waals surface area contributed by atoms with Gasteiger partial charge in [0.05, 0.1) is 6.61 Å². The average Bonchev–Trinajstić information content (AvgIpc) is 2.76. The minimum Gasteiger partial charge on any atom is -0.491 e. The Morgan fingerprint density at radius 1 is 1.07 bits per heavy atom. The Morgan fingerprint density at radius 3 is 2.60 bits per heavy atom. The Morgan fingerprint density at radius 2 is 1.87 bits per heavy atom. The van der Waals surface area contributed by atoms with Crippen molar-refractivity contribution >= 4 is 5.91 Å². The quantitative estimate of drug-likeness (QED) is 0.317. The molecule has 0 bridgehead atoms. The van der Waals surface area contributed by atoms with Crippen LogP contribution in [-0.2, 0) is 16.0 Å². The molecule has 0 fully saturated rings. The lowest BCUT2D eigenvalue weighted by atomic mass is 10.1. The van der Waals surface area contributed by atoms with Crippen LogP contribution in [-0.4, -0.2) is 57.1 Å². The van der Waals surface area contributed by atoms with Gasteiger partial charge in [-0.3, -0.25) is 4.79 Å². The molecule has 0 aliphatic rings. The van der Waals surface area contributed by atoms with Crippen LogP contribution in [0.2, 0.25) is 0 Å². The molecule has 3 N–H and O–H groups in total. The zero-order valence-corrected chi connectivity index (χ0v) is 17.4. The van der Waals surface area contributed by atoms with Gasteiger partial charge in [-0.05, 0) is 36.2 Å². The van der Waals surface area contributed by atoms with Gasteiger partial charge in [-0.2, -0.15) is 5.48 Å². The van der Waals surface area contributed by atoms with Crippen LogP contribution < -0.4 is 25.1 Å². The summed E-state index contributed by atoms with van der Waals surface area (Å²) in [7, 11) is 1.65. The van der Waals surface area contributed by atoms with E-state index in [2.05, 4.69) is 10.8 Å². The topological polar surface area (TPSA) is 98.3 Å². The summed E-state index contributed by atoms with van der Waals surface area (Å²) in [5, 5.41) is 13.1. The second-order valence-corrected chi connectivity index (χ2v) is 6.61. The number of para-hydroxylation sites is 1. The van der Waals surface area contributed by atoms with E-state index in [9.17, 15) is 9.90 Å². The maximum absolute atomic E-state index is 11.1. The van der Waals surface area contributed by atoms with E-state index in [1.807, 2.05) is 42.5 Å². The number of methoxy groups -OCH3 is 1. The molecule has 0 aromatic heterocycles. The van der Waals surface area contributed by atoms with Crippen molar-refractivity contribution in [3.63, 3.8) is 0 Å². The van der Waals surface area contributed by atoms with E-state index in [-0.39, 0.29) is 12.5 Å². The number of benzene rings is 2. The number of amides is 1. The fraction of sp³-hybridized carbons (Fsp3) is 0.409. The number of hydroxylamine groups is 1. The number of hydrogen-bond donors (Lipinski definition) is 3. The number of hydrogen-bond acceptors (Lipinski definition) is 7. The zero-order valence-electron chi connectivity index (χ0n) is 17.4. The average molecular weight is 418 g/mol. The maximum atomic E-state index is 11.1. The van der Waals surface area contributed by atoms with Gasteiger partial charge in [-0.1, -0.05) is 24.3 Å². The highest BCUT2D eigenvalue weighted by Crippen LogP contribution is 2.28. The third-order valence-corrected chi connectivity index (χ3v) is 4.01. The summed E-state index contributed by atoms with van der Waals surface area (Å²) in [6.07, 6.45) is 0.0975. The van der Waals surface area contributed by atoms with E-state index in [1.54, 1.807) is 13.2 Å². The third-order valence-electron chi connectivity index (χ3n) is 4.01. The van der Waals surface area contributed by atoms with Gasteiger partial charge < -0.3 is 29.5 Å². The van der Waals surface area contributed by atoms with Gasteiger partial charge in [0, 0.05) is 27.1 Å². The smallest absolute Gasteiger partial charge is 0.249 e. The minimum atomic E-state index is -0.638. The van der Waals surface area contributed by atoms with Crippen LogP contribution >= 0.6 is 0 Å². The van der Waals surface area contributed by atoms with E-state index in [4.69, 9.17) is 19.0 Å². The zero-order chi connectivity index (χ0) is 21.6. The second kappa shape index (κ2) is 13.4. The molecule has 30 heavy (non-hydrogen) atoms. The lowest BCUT2D eigenvalue weighted by Gasteiger charge is -2.15. The molecule has 2 rings (SSSR count). The number of aliphatic hydroxyl groups is 1. The Labute approximate surface area is 177 Å². The fourth-order valence-corrected chi connectivity index (χ4v) is 2.52. The Hall–Kier alpha value is -2.81. The standard InChI is InChI=1S/C22H30N2O6/c1-17(25)24-30-21-9-8-18(10-12-27-2)14-22(21)28-13-11-23-15-19(26)16-29-20-6-4-3-5-7-20/h3-9,14,19,23,26H,10-13,15-16H2,1-2H3,(H,24,25). The van der Waals surface area contributed by atoms with Crippen molar-refractivity contribution in [2.45, 2.75) is 19.4 Å². The van der Waals surface area contributed by atoms with E-state index < -0.39 is 6.10 Å².